The van der Waals surface area contributed by atoms with E-state index in [1.807, 2.05) is 13.8 Å². The average molecular weight is 298 g/mol. The molecule has 1 rings (SSSR count). The van der Waals surface area contributed by atoms with Gasteiger partial charge in [0.2, 0.25) is 0 Å². The van der Waals surface area contributed by atoms with Gasteiger partial charge in [-0.3, -0.25) is 0 Å². The largest absolute Gasteiger partial charge is 1.00 e. The molecule has 1 aliphatic rings. The molecule has 0 aliphatic carbocycles. The molecule has 0 atom stereocenters. The van der Waals surface area contributed by atoms with Crippen molar-refractivity contribution in [3.8, 4) is 0 Å². The van der Waals surface area contributed by atoms with Gasteiger partial charge in [0.05, 0.1) is 5.71 Å². The Kier molecular flexibility index (Phi) is 5.87. The van der Waals surface area contributed by atoms with Crippen LogP contribution in [0.2, 0.25) is 0 Å². The molecule has 0 amide bonds. The van der Waals surface area contributed by atoms with Gasteiger partial charge in [0.1, 0.15) is 20.1 Å². The molecule has 1 fully saturated rings. The predicted octanol–water partition coefficient (Wildman–Crippen LogP) is -1.05. The molecule has 1 heterocycles. The zero-order chi connectivity index (χ0) is 9.03. The molecule has 0 bridgehead atoms. The van der Waals surface area contributed by atoms with Gasteiger partial charge in [0.15, 0.2) is 0 Å². The third-order valence-corrected chi connectivity index (χ3v) is 2.18. The molecule has 4 heteroatoms. The fourth-order valence-corrected chi connectivity index (χ4v) is 1.44. The topological polar surface area (TPSA) is 21.6 Å². The second kappa shape index (κ2) is 5.80. The van der Waals surface area contributed by atoms with E-state index in [2.05, 4.69) is 12.2 Å². The zero-order valence-electron chi connectivity index (χ0n) is 8.72. The number of hydroxylamine groups is 3. The van der Waals surface area contributed by atoms with Crippen molar-refractivity contribution >= 4 is 5.71 Å². The summed E-state index contributed by atoms with van der Waals surface area (Å²) in [6.07, 6.45) is 3.86. The lowest BCUT2D eigenvalue weighted by molar-refractivity contribution is -1.10. The van der Waals surface area contributed by atoms with Crippen LogP contribution in [0.3, 0.4) is 0 Å². The Morgan fingerprint density at radius 1 is 1.15 bits per heavy atom. The van der Waals surface area contributed by atoms with Gasteiger partial charge in [-0.05, 0) is 25.4 Å². The molecule has 1 aliphatic heterocycles. The van der Waals surface area contributed by atoms with E-state index in [1.165, 1.54) is 19.3 Å². The maximum atomic E-state index is 5.46. The van der Waals surface area contributed by atoms with E-state index in [9.17, 15) is 0 Å². The molecule has 13 heavy (non-hydrogen) atoms. The van der Waals surface area contributed by atoms with Gasteiger partial charge in [0.25, 0.3) is 0 Å². The van der Waals surface area contributed by atoms with Crippen LogP contribution in [0.15, 0.2) is 5.16 Å². The molecule has 78 valence electrons. The van der Waals surface area contributed by atoms with Gasteiger partial charge in [-0.1, -0.05) is 0 Å². The second-order valence-corrected chi connectivity index (χ2v) is 3.92. The van der Waals surface area contributed by atoms with Gasteiger partial charge in [-0.25, -0.2) is 0 Å². The maximum Gasteiger partial charge on any atom is 0.120 e. The minimum atomic E-state index is 0. The number of hydrogen-bond donors (Lipinski definition) is 0. The lowest BCUT2D eigenvalue weighted by Crippen LogP contribution is -3.00. The number of halogens is 1. The minimum Gasteiger partial charge on any atom is -1.00 e. The Bertz CT molecular complexity index is 172. The lowest BCUT2D eigenvalue weighted by atomic mass is 10.1. The minimum absolute atomic E-state index is 0. The summed E-state index contributed by atoms with van der Waals surface area (Å²) < 4.78 is 0.658. The van der Waals surface area contributed by atoms with Crippen molar-refractivity contribution in [2.24, 2.45) is 5.16 Å². The number of nitrogens with zero attached hydrogens (tertiary/aromatic N) is 2. The summed E-state index contributed by atoms with van der Waals surface area (Å²) in [5.41, 5.74) is 0.986. The Morgan fingerprint density at radius 2 is 1.69 bits per heavy atom. The third kappa shape index (κ3) is 4.81. The Balaban J connectivity index is 0.00000144. The van der Waals surface area contributed by atoms with Gasteiger partial charge in [0, 0.05) is 12.8 Å². The summed E-state index contributed by atoms with van der Waals surface area (Å²) in [4.78, 5) is 5.46. The van der Waals surface area contributed by atoms with Crippen molar-refractivity contribution < 1.29 is 33.6 Å². The molecule has 0 radical (unpaired) electrons. The number of hydrogen-bond acceptors (Lipinski definition) is 2. The Labute approximate surface area is 97.7 Å². The smallest absolute Gasteiger partial charge is 0.120 e. The standard InChI is InChI=1S/C9H19N2O.HI/c1-9(2)10-12-11(3)7-5-4-6-8-11;/h4-8H2,1-3H3;1H/q+1;/p-1. The van der Waals surface area contributed by atoms with Crippen LogP contribution in [0.5, 0.6) is 0 Å². The summed E-state index contributed by atoms with van der Waals surface area (Å²) in [6.45, 7) is 6.10. The first-order chi connectivity index (χ1) is 5.62. The Hall–Kier alpha value is 0.160. The average Bonchev–Trinajstić information content (AvgIpc) is 2.03. The molecule has 0 spiro atoms. The van der Waals surface area contributed by atoms with E-state index >= 15 is 0 Å². The molecule has 0 aromatic heterocycles. The van der Waals surface area contributed by atoms with E-state index in [0.717, 1.165) is 18.8 Å². The summed E-state index contributed by atoms with van der Waals surface area (Å²) in [6, 6.07) is 0. The predicted molar refractivity (Wildman–Crippen MR) is 49.6 cm³/mol. The monoisotopic (exact) mass is 298 g/mol. The van der Waals surface area contributed by atoms with Crippen LogP contribution >= 0.6 is 0 Å². The molecule has 0 unspecified atom stereocenters. The first-order valence-electron chi connectivity index (χ1n) is 4.67. The third-order valence-electron chi connectivity index (χ3n) is 2.18. The van der Waals surface area contributed by atoms with Crippen LogP contribution in [-0.4, -0.2) is 30.5 Å². The summed E-state index contributed by atoms with van der Waals surface area (Å²) in [5, 5.41) is 4.01. The highest BCUT2D eigenvalue weighted by Gasteiger charge is 2.27. The van der Waals surface area contributed by atoms with E-state index in [0.29, 0.717) is 4.65 Å². The number of quaternary nitrogens is 1. The van der Waals surface area contributed by atoms with Crippen LogP contribution in [-0.2, 0) is 4.94 Å². The molecule has 3 nitrogen and oxygen atoms in total. The number of rotatable bonds is 2. The van der Waals surface area contributed by atoms with Gasteiger partial charge < -0.3 is 24.0 Å². The second-order valence-electron chi connectivity index (χ2n) is 3.92. The van der Waals surface area contributed by atoms with Gasteiger partial charge >= 0.3 is 0 Å². The van der Waals surface area contributed by atoms with Crippen molar-refractivity contribution in [2.45, 2.75) is 33.1 Å². The summed E-state index contributed by atoms with van der Waals surface area (Å²) in [5.74, 6) is 0. The van der Waals surface area contributed by atoms with Crippen LogP contribution in [0.1, 0.15) is 33.1 Å². The van der Waals surface area contributed by atoms with Crippen molar-refractivity contribution in [1.82, 2.24) is 0 Å². The number of oxime groups is 1. The molecular weight excluding hydrogens is 279 g/mol. The zero-order valence-corrected chi connectivity index (χ0v) is 10.9. The highest BCUT2D eigenvalue weighted by atomic mass is 127. The first kappa shape index (κ1) is 13.2. The van der Waals surface area contributed by atoms with Crippen LogP contribution < -0.4 is 24.0 Å². The summed E-state index contributed by atoms with van der Waals surface area (Å²) >= 11 is 0. The van der Waals surface area contributed by atoms with E-state index in [1.54, 1.807) is 0 Å². The Morgan fingerprint density at radius 3 is 2.15 bits per heavy atom. The molecule has 0 aromatic rings. The van der Waals surface area contributed by atoms with E-state index in [4.69, 9.17) is 4.94 Å². The number of piperidine rings is 1. The molecule has 0 saturated carbocycles. The lowest BCUT2D eigenvalue weighted by Gasteiger charge is -2.31. The molecule has 0 aromatic carbocycles. The van der Waals surface area contributed by atoms with Crippen molar-refractivity contribution in [3.05, 3.63) is 0 Å². The van der Waals surface area contributed by atoms with Crippen LogP contribution in [0, 0.1) is 0 Å². The number of likely N-dealkylation sites (tertiary alicyclic amines) is 1. The van der Waals surface area contributed by atoms with E-state index in [-0.39, 0.29) is 24.0 Å². The highest BCUT2D eigenvalue weighted by Crippen LogP contribution is 2.16. The van der Waals surface area contributed by atoms with E-state index < -0.39 is 0 Å². The highest BCUT2D eigenvalue weighted by molar-refractivity contribution is 5.78. The van der Waals surface area contributed by atoms with Crippen molar-refractivity contribution in [2.75, 3.05) is 20.1 Å². The van der Waals surface area contributed by atoms with Crippen LogP contribution in [0.25, 0.3) is 0 Å². The molecule has 1 saturated heterocycles. The fraction of sp³-hybridized carbons (Fsp3) is 0.889. The van der Waals surface area contributed by atoms with Crippen molar-refractivity contribution in [1.29, 1.82) is 0 Å². The molecular formula is C9H19IN2O. The first-order valence-corrected chi connectivity index (χ1v) is 4.67. The van der Waals surface area contributed by atoms with Crippen LogP contribution in [0.4, 0.5) is 0 Å². The summed E-state index contributed by atoms with van der Waals surface area (Å²) in [7, 11) is 2.10. The normalized spacial score (nSPS) is 19.9. The fourth-order valence-electron chi connectivity index (χ4n) is 1.44. The van der Waals surface area contributed by atoms with Gasteiger partial charge in [-0.15, -0.1) is 4.65 Å². The quantitative estimate of drug-likeness (QED) is 0.276. The van der Waals surface area contributed by atoms with Gasteiger partial charge in [-0.2, -0.15) is 4.94 Å². The molecule has 0 N–H and O–H groups in total. The SMILES string of the molecule is CC(C)=NO[N+]1(C)CCCCC1.[I-]. The maximum absolute atomic E-state index is 5.46. The van der Waals surface area contributed by atoms with Crippen molar-refractivity contribution in [3.63, 3.8) is 0 Å².